The minimum absolute atomic E-state index is 0.00464. The highest BCUT2D eigenvalue weighted by Gasteiger charge is 2.53. The summed E-state index contributed by atoms with van der Waals surface area (Å²) in [6.07, 6.45) is -0.00928. The zero-order valence-electron chi connectivity index (χ0n) is 17.1. The number of carbonyl (C=O) groups excluding carboxylic acids is 4. The van der Waals surface area contributed by atoms with E-state index in [1.807, 2.05) is 24.3 Å². The van der Waals surface area contributed by atoms with Gasteiger partial charge in [-0.1, -0.05) is 36.4 Å². The highest BCUT2D eigenvalue weighted by molar-refractivity contribution is 6.03. The van der Waals surface area contributed by atoms with Crippen LogP contribution in [0.15, 0.2) is 66.7 Å². The molecule has 0 aromatic heterocycles. The van der Waals surface area contributed by atoms with Gasteiger partial charge < -0.3 is 14.3 Å². The summed E-state index contributed by atoms with van der Waals surface area (Å²) in [6.45, 7) is 0. The normalized spacial score (nSPS) is 17.2. The Morgan fingerprint density at radius 2 is 1.42 bits per heavy atom. The van der Waals surface area contributed by atoms with Gasteiger partial charge in [0.2, 0.25) is 0 Å². The molecule has 0 saturated carbocycles. The fraction of sp³-hybridized carbons (Fsp3) is 0.120. The topological polar surface area (TPSA) is 99.2 Å². The van der Waals surface area contributed by atoms with Gasteiger partial charge in [-0.3, -0.25) is 9.59 Å². The molecule has 3 aromatic rings. The molecule has 0 bridgehead atoms. The molecule has 8 heteroatoms. The lowest BCUT2D eigenvalue weighted by atomic mass is 9.77. The third kappa shape index (κ3) is 2.64. The molecule has 3 aliphatic heterocycles. The van der Waals surface area contributed by atoms with Crippen LogP contribution < -0.4 is 4.74 Å². The van der Waals surface area contributed by atoms with Gasteiger partial charge in [-0.25, -0.2) is 9.59 Å². The average molecular weight is 441 g/mol. The third-order valence-corrected chi connectivity index (χ3v) is 6.03. The van der Waals surface area contributed by atoms with E-state index in [1.54, 1.807) is 24.3 Å². The van der Waals surface area contributed by atoms with Crippen molar-refractivity contribution in [1.82, 2.24) is 5.06 Å². The minimum atomic E-state index is -1.33. The Kier molecular flexibility index (Phi) is 3.95. The molecule has 0 radical (unpaired) electrons. The van der Waals surface area contributed by atoms with Crippen LogP contribution in [0.2, 0.25) is 0 Å². The number of benzene rings is 3. The molecule has 8 nitrogen and oxygen atoms in total. The Hall–Kier alpha value is -4.46. The second kappa shape index (κ2) is 6.77. The smallest absolute Gasteiger partial charge is 0.363 e. The number of para-hydroxylation sites is 2. The van der Waals surface area contributed by atoms with Crippen LogP contribution in [0.25, 0.3) is 0 Å². The standard InChI is InChI=1S/C25H15NO7/c27-21-11-12-22(28)26(21)33-23(29)14-9-10-15-18(13-14)25(32-24(15)30)16-5-1-3-7-19(16)31-20-8-4-2-6-17(20)25/h1-10,13H,11-12H2. The first-order valence-corrected chi connectivity index (χ1v) is 10.3. The van der Waals surface area contributed by atoms with Crippen molar-refractivity contribution >= 4 is 23.8 Å². The Balaban J connectivity index is 1.51. The first kappa shape index (κ1) is 19.2. The number of imide groups is 1. The van der Waals surface area contributed by atoms with E-state index in [-0.39, 0.29) is 18.4 Å². The lowest BCUT2D eigenvalue weighted by Gasteiger charge is -2.36. The van der Waals surface area contributed by atoms with Crippen LogP contribution in [0.4, 0.5) is 0 Å². The molecule has 33 heavy (non-hydrogen) atoms. The average Bonchev–Trinajstić information content (AvgIpc) is 3.30. The van der Waals surface area contributed by atoms with Crippen molar-refractivity contribution in [3.63, 3.8) is 0 Å². The highest BCUT2D eigenvalue weighted by Crippen LogP contribution is 2.55. The lowest BCUT2D eigenvalue weighted by molar-refractivity contribution is -0.172. The monoisotopic (exact) mass is 441 g/mol. The Morgan fingerprint density at radius 3 is 2.06 bits per heavy atom. The van der Waals surface area contributed by atoms with Crippen molar-refractivity contribution < 1.29 is 33.5 Å². The molecule has 0 aliphatic carbocycles. The maximum atomic E-state index is 12.9. The fourth-order valence-corrected chi connectivity index (χ4v) is 4.54. The number of carbonyl (C=O) groups is 4. The number of ether oxygens (including phenoxy) is 2. The van der Waals surface area contributed by atoms with Crippen molar-refractivity contribution in [2.24, 2.45) is 0 Å². The zero-order chi connectivity index (χ0) is 22.7. The number of esters is 1. The van der Waals surface area contributed by atoms with Gasteiger partial charge in [0.1, 0.15) is 11.5 Å². The van der Waals surface area contributed by atoms with Crippen molar-refractivity contribution in [2.75, 3.05) is 0 Å². The van der Waals surface area contributed by atoms with Crippen LogP contribution in [0.5, 0.6) is 11.5 Å². The van der Waals surface area contributed by atoms with E-state index in [4.69, 9.17) is 14.3 Å². The summed E-state index contributed by atoms with van der Waals surface area (Å²) in [6, 6.07) is 18.8. The van der Waals surface area contributed by atoms with Crippen molar-refractivity contribution in [2.45, 2.75) is 18.4 Å². The van der Waals surface area contributed by atoms with E-state index in [2.05, 4.69) is 0 Å². The van der Waals surface area contributed by atoms with Crippen LogP contribution in [0, 0.1) is 0 Å². The summed E-state index contributed by atoms with van der Waals surface area (Å²) in [5, 5.41) is 0.492. The van der Waals surface area contributed by atoms with Gasteiger partial charge in [0.15, 0.2) is 5.60 Å². The number of hydroxylamine groups is 2. The number of nitrogens with zero attached hydrogens (tertiary/aromatic N) is 1. The Bertz CT molecular complexity index is 1330. The molecule has 0 atom stereocenters. The van der Waals surface area contributed by atoms with Gasteiger partial charge in [0.05, 0.1) is 11.1 Å². The molecule has 1 spiro atoms. The molecule has 162 valence electrons. The third-order valence-electron chi connectivity index (χ3n) is 6.03. The maximum Gasteiger partial charge on any atom is 0.363 e. The maximum absolute atomic E-state index is 12.9. The lowest BCUT2D eigenvalue weighted by Crippen LogP contribution is -2.33. The number of hydrogen-bond donors (Lipinski definition) is 0. The quantitative estimate of drug-likeness (QED) is 0.443. The Morgan fingerprint density at radius 1 is 0.818 bits per heavy atom. The van der Waals surface area contributed by atoms with E-state index in [1.165, 1.54) is 18.2 Å². The number of fused-ring (bicyclic) bond motifs is 6. The molecule has 3 aromatic carbocycles. The minimum Gasteiger partial charge on any atom is -0.456 e. The van der Waals surface area contributed by atoms with Gasteiger partial charge in [-0.2, -0.15) is 0 Å². The van der Waals surface area contributed by atoms with E-state index >= 15 is 0 Å². The van der Waals surface area contributed by atoms with Gasteiger partial charge >= 0.3 is 11.9 Å². The largest absolute Gasteiger partial charge is 0.456 e. The molecule has 3 aliphatic rings. The second-order valence-corrected chi connectivity index (χ2v) is 7.89. The van der Waals surface area contributed by atoms with E-state index in [0.717, 1.165) is 0 Å². The van der Waals surface area contributed by atoms with Crippen LogP contribution in [0.1, 0.15) is 50.2 Å². The molecule has 2 amide bonds. The molecule has 3 heterocycles. The van der Waals surface area contributed by atoms with Crippen LogP contribution in [0.3, 0.4) is 0 Å². The van der Waals surface area contributed by atoms with E-state index < -0.39 is 29.4 Å². The Labute approximate surface area is 187 Å². The predicted octanol–water partition coefficient (Wildman–Crippen LogP) is 3.48. The summed E-state index contributed by atoms with van der Waals surface area (Å²) < 4.78 is 12.1. The SMILES string of the molecule is O=C(ON1C(=O)CCC1=O)c1ccc2c(c1)C1(OC2=O)c2ccccc2Oc2ccccc21. The number of amides is 2. The predicted molar refractivity (Wildman–Crippen MR) is 111 cm³/mol. The summed E-state index contributed by atoms with van der Waals surface area (Å²) in [4.78, 5) is 54.5. The number of rotatable bonds is 2. The van der Waals surface area contributed by atoms with Crippen LogP contribution >= 0.6 is 0 Å². The zero-order valence-corrected chi connectivity index (χ0v) is 17.1. The summed E-state index contributed by atoms with van der Waals surface area (Å²) >= 11 is 0. The van der Waals surface area contributed by atoms with Gasteiger partial charge in [-0.05, 0) is 30.3 Å². The molecule has 0 N–H and O–H groups in total. The summed E-state index contributed by atoms with van der Waals surface area (Å²) in [7, 11) is 0. The van der Waals surface area contributed by atoms with Gasteiger partial charge in [-0.15, -0.1) is 5.06 Å². The van der Waals surface area contributed by atoms with Gasteiger partial charge in [0.25, 0.3) is 11.8 Å². The molecule has 1 fully saturated rings. The van der Waals surface area contributed by atoms with E-state index in [9.17, 15) is 19.2 Å². The summed E-state index contributed by atoms with van der Waals surface area (Å²) in [5.74, 6) is -1.52. The fourth-order valence-electron chi connectivity index (χ4n) is 4.54. The summed E-state index contributed by atoms with van der Waals surface area (Å²) in [5.41, 5.74) is 0.723. The first-order valence-electron chi connectivity index (χ1n) is 10.3. The van der Waals surface area contributed by atoms with Crippen molar-refractivity contribution in [3.05, 3.63) is 94.5 Å². The first-order chi connectivity index (χ1) is 16.0. The van der Waals surface area contributed by atoms with Crippen molar-refractivity contribution in [3.8, 4) is 11.5 Å². The van der Waals surface area contributed by atoms with Crippen LogP contribution in [-0.2, 0) is 24.8 Å². The van der Waals surface area contributed by atoms with E-state index in [0.29, 0.717) is 38.8 Å². The number of hydrogen-bond acceptors (Lipinski definition) is 7. The second-order valence-electron chi connectivity index (χ2n) is 7.89. The highest BCUT2D eigenvalue weighted by atomic mass is 16.7. The molecular weight excluding hydrogens is 426 g/mol. The van der Waals surface area contributed by atoms with Crippen molar-refractivity contribution in [1.29, 1.82) is 0 Å². The van der Waals surface area contributed by atoms with Crippen LogP contribution in [-0.4, -0.2) is 28.8 Å². The molecular formula is C25H15NO7. The molecule has 0 unspecified atom stereocenters. The van der Waals surface area contributed by atoms with Gasteiger partial charge in [0, 0.05) is 29.5 Å². The molecule has 1 saturated heterocycles. The molecule has 6 rings (SSSR count).